The Morgan fingerprint density at radius 3 is 3.09 bits per heavy atom. The van der Waals surface area contributed by atoms with E-state index in [2.05, 4.69) is 21.4 Å². The summed E-state index contributed by atoms with van der Waals surface area (Å²) in [5.74, 6) is 0. The van der Waals surface area contributed by atoms with E-state index in [1.54, 1.807) is 7.11 Å². The molecule has 0 aromatic carbocycles. The molecule has 3 nitrogen and oxygen atoms in total. The van der Waals surface area contributed by atoms with Crippen molar-refractivity contribution in [1.82, 2.24) is 5.32 Å². The van der Waals surface area contributed by atoms with E-state index in [0.29, 0.717) is 0 Å². The number of hydrogen-bond acceptors (Lipinski definition) is 3. The van der Waals surface area contributed by atoms with Crippen LogP contribution in [-0.2, 0) is 4.84 Å². The Morgan fingerprint density at radius 1 is 1.73 bits per heavy atom. The first-order valence-electron chi connectivity index (χ1n) is 3.82. The van der Waals surface area contributed by atoms with E-state index in [1.165, 1.54) is 5.57 Å². The van der Waals surface area contributed by atoms with Gasteiger partial charge in [0, 0.05) is 6.54 Å². The van der Waals surface area contributed by atoms with Gasteiger partial charge in [-0.3, -0.25) is 0 Å². The Hall–Kier alpha value is -0.830. The van der Waals surface area contributed by atoms with Crippen LogP contribution < -0.4 is 5.32 Å². The van der Waals surface area contributed by atoms with Crippen molar-refractivity contribution in [2.45, 2.75) is 13.3 Å². The van der Waals surface area contributed by atoms with Crippen molar-refractivity contribution in [3.05, 3.63) is 11.6 Å². The summed E-state index contributed by atoms with van der Waals surface area (Å²) < 4.78 is 0. The maximum atomic E-state index is 4.68. The fraction of sp³-hybridized carbons (Fsp3) is 0.625. The molecule has 0 bridgehead atoms. The van der Waals surface area contributed by atoms with Gasteiger partial charge in [0.15, 0.2) is 0 Å². The summed E-state index contributed by atoms with van der Waals surface area (Å²) in [6.07, 6.45) is 3.21. The monoisotopic (exact) mass is 154 g/mol. The highest BCUT2D eigenvalue weighted by atomic mass is 16.6. The summed E-state index contributed by atoms with van der Waals surface area (Å²) in [4.78, 5) is 4.68. The van der Waals surface area contributed by atoms with E-state index in [9.17, 15) is 0 Å². The Balaban J connectivity index is 2.58. The average Bonchev–Trinajstić information content (AvgIpc) is 2.07. The highest BCUT2D eigenvalue weighted by molar-refractivity contribution is 5.97. The molecule has 11 heavy (non-hydrogen) atoms. The molecule has 0 aliphatic carbocycles. The maximum Gasteiger partial charge on any atom is 0.106 e. The zero-order chi connectivity index (χ0) is 8.10. The molecule has 0 amide bonds. The van der Waals surface area contributed by atoms with Gasteiger partial charge in [-0.1, -0.05) is 11.2 Å². The smallest absolute Gasteiger partial charge is 0.106 e. The first kappa shape index (κ1) is 8.27. The van der Waals surface area contributed by atoms with Crippen LogP contribution in [0.15, 0.2) is 16.8 Å². The maximum absolute atomic E-state index is 4.68. The third-order valence-electron chi connectivity index (χ3n) is 1.76. The van der Waals surface area contributed by atoms with E-state index in [4.69, 9.17) is 0 Å². The zero-order valence-electron chi connectivity index (χ0n) is 7.05. The molecule has 0 saturated heterocycles. The average molecular weight is 154 g/mol. The van der Waals surface area contributed by atoms with Crippen LogP contribution in [0, 0.1) is 0 Å². The minimum Gasteiger partial charge on any atom is -0.399 e. The lowest BCUT2D eigenvalue weighted by Crippen LogP contribution is -2.22. The van der Waals surface area contributed by atoms with Crippen molar-refractivity contribution in [2.75, 3.05) is 20.2 Å². The molecule has 1 heterocycles. The molecule has 62 valence electrons. The fourth-order valence-corrected chi connectivity index (χ4v) is 1.15. The second-order valence-corrected chi connectivity index (χ2v) is 2.54. The van der Waals surface area contributed by atoms with Crippen LogP contribution >= 0.6 is 0 Å². The van der Waals surface area contributed by atoms with Gasteiger partial charge in [-0.2, -0.15) is 0 Å². The van der Waals surface area contributed by atoms with Gasteiger partial charge in [0.05, 0.1) is 5.71 Å². The lowest BCUT2D eigenvalue weighted by atomic mass is 10.1. The minimum atomic E-state index is 0.950. The SMILES string of the molecule is CO/N=C(\C)C1=CCNCC1. The summed E-state index contributed by atoms with van der Waals surface area (Å²) in [5.41, 5.74) is 2.29. The molecule has 0 spiro atoms. The van der Waals surface area contributed by atoms with Gasteiger partial charge in [0.1, 0.15) is 7.11 Å². The number of hydrogen-bond donors (Lipinski definition) is 1. The summed E-state index contributed by atoms with van der Waals surface area (Å²) in [6.45, 7) is 3.97. The summed E-state index contributed by atoms with van der Waals surface area (Å²) in [5, 5.41) is 7.11. The van der Waals surface area contributed by atoms with Crippen molar-refractivity contribution < 1.29 is 4.84 Å². The normalized spacial score (nSPS) is 19.5. The van der Waals surface area contributed by atoms with Crippen molar-refractivity contribution in [3.63, 3.8) is 0 Å². The molecule has 0 unspecified atom stereocenters. The van der Waals surface area contributed by atoms with Gasteiger partial charge in [0.2, 0.25) is 0 Å². The first-order chi connectivity index (χ1) is 5.34. The third-order valence-corrected chi connectivity index (χ3v) is 1.76. The number of oxime groups is 1. The van der Waals surface area contributed by atoms with Crippen LogP contribution in [0.5, 0.6) is 0 Å². The third kappa shape index (κ3) is 2.35. The van der Waals surface area contributed by atoms with Crippen LogP contribution in [0.2, 0.25) is 0 Å². The molecular weight excluding hydrogens is 140 g/mol. The van der Waals surface area contributed by atoms with E-state index in [0.717, 1.165) is 25.2 Å². The number of nitrogens with zero attached hydrogens (tertiary/aromatic N) is 1. The molecular formula is C8H14N2O. The van der Waals surface area contributed by atoms with Gasteiger partial charge in [-0.05, 0) is 25.5 Å². The van der Waals surface area contributed by atoms with Crippen molar-refractivity contribution in [1.29, 1.82) is 0 Å². The van der Waals surface area contributed by atoms with Gasteiger partial charge in [-0.25, -0.2) is 0 Å². The van der Waals surface area contributed by atoms with Crippen molar-refractivity contribution >= 4 is 5.71 Å². The molecule has 0 saturated carbocycles. The van der Waals surface area contributed by atoms with Crippen molar-refractivity contribution in [2.24, 2.45) is 5.16 Å². The van der Waals surface area contributed by atoms with E-state index in [-0.39, 0.29) is 0 Å². The predicted molar refractivity (Wildman–Crippen MR) is 45.7 cm³/mol. The molecule has 1 N–H and O–H groups in total. The number of rotatable bonds is 2. The largest absolute Gasteiger partial charge is 0.399 e. The molecule has 0 radical (unpaired) electrons. The number of nitrogens with one attached hydrogen (secondary N) is 1. The Labute approximate surface area is 67.1 Å². The Morgan fingerprint density at radius 2 is 2.55 bits per heavy atom. The van der Waals surface area contributed by atoms with Crippen LogP contribution in [0.1, 0.15) is 13.3 Å². The molecule has 0 aromatic rings. The molecule has 1 rings (SSSR count). The van der Waals surface area contributed by atoms with Gasteiger partial charge in [0.25, 0.3) is 0 Å². The standard InChI is InChI=1S/C8H14N2O/c1-7(10-11-2)8-3-5-9-6-4-8/h3,9H,4-6H2,1-2H3/b10-7+. The minimum absolute atomic E-state index is 0.950. The van der Waals surface area contributed by atoms with Crippen LogP contribution in [0.4, 0.5) is 0 Å². The van der Waals surface area contributed by atoms with Gasteiger partial charge in [-0.15, -0.1) is 0 Å². The van der Waals surface area contributed by atoms with E-state index >= 15 is 0 Å². The first-order valence-corrected chi connectivity index (χ1v) is 3.82. The van der Waals surface area contributed by atoms with E-state index in [1.807, 2.05) is 6.92 Å². The van der Waals surface area contributed by atoms with Crippen LogP contribution in [0.25, 0.3) is 0 Å². The molecule has 1 aliphatic heterocycles. The highest BCUT2D eigenvalue weighted by Crippen LogP contribution is 2.06. The quantitative estimate of drug-likeness (QED) is 0.474. The molecule has 0 aromatic heterocycles. The highest BCUT2D eigenvalue weighted by Gasteiger charge is 2.05. The Kier molecular flexibility index (Phi) is 3.11. The van der Waals surface area contributed by atoms with Gasteiger partial charge >= 0.3 is 0 Å². The topological polar surface area (TPSA) is 33.6 Å². The fourth-order valence-electron chi connectivity index (χ4n) is 1.15. The summed E-state index contributed by atoms with van der Waals surface area (Å²) in [7, 11) is 1.57. The van der Waals surface area contributed by atoms with Crippen LogP contribution in [-0.4, -0.2) is 25.9 Å². The second-order valence-electron chi connectivity index (χ2n) is 2.54. The molecule has 0 atom stereocenters. The van der Waals surface area contributed by atoms with E-state index < -0.39 is 0 Å². The van der Waals surface area contributed by atoms with Crippen LogP contribution in [0.3, 0.4) is 0 Å². The Bertz CT molecular complexity index is 185. The van der Waals surface area contributed by atoms with Crippen molar-refractivity contribution in [3.8, 4) is 0 Å². The summed E-state index contributed by atoms with van der Waals surface area (Å²) in [6, 6.07) is 0. The summed E-state index contributed by atoms with van der Waals surface area (Å²) >= 11 is 0. The molecule has 3 heteroatoms. The predicted octanol–water partition coefficient (Wildman–Crippen LogP) is 0.928. The molecule has 1 aliphatic rings. The molecule has 0 fully saturated rings. The zero-order valence-corrected chi connectivity index (χ0v) is 7.05. The van der Waals surface area contributed by atoms with Gasteiger partial charge < -0.3 is 10.2 Å². The lowest BCUT2D eigenvalue weighted by Gasteiger charge is -2.12. The second kappa shape index (κ2) is 4.13. The lowest BCUT2D eigenvalue weighted by molar-refractivity contribution is 0.213.